The van der Waals surface area contributed by atoms with Crippen LogP contribution in [-0.4, -0.2) is 9.97 Å². The van der Waals surface area contributed by atoms with Gasteiger partial charge < -0.3 is 11.1 Å². The maximum atomic E-state index is 5.91. The van der Waals surface area contributed by atoms with Crippen molar-refractivity contribution < 1.29 is 0 Å². The van der Waals surface area contributed by atoms with Gasteiger partial charge in [0.15, 0.2) is 0 Å². The zero-order chi connectivity index (χ0) is 12.4. The van der Waals surface area contributed by atoms with E-state index in [1.807, 2.05) is 35.2 Å². The third-order valence-electron chi connectivity index (χ3n) is 2.74. The van der Waals surface area contributed by atoms with Gasteiger partial charge in [-0.3, -0.25) is 4.98 Å². The van der Waals surface area contributed by atoms with Crippen LogP contribution < -0.4 is 11.1 Å². The lowest BCUT2D eigenvalue weighted by Crippen LogP contribution is -2.01. The first-order valence-electron chi connectivity index (χ1n) is 5.59. The molecule has 0 saturated heterocycles. The van der Waals surface area contributed by atoms with E-state index in [2.05, 4.69) is 15.3 Å². The molecule has 1 aromatic carbocycles. The van der Waals surface area contributed by atoms with Crippen molar-refractivity contribution in [2.75, 3.05) is 11.1 Å². The zero-order valence-electron chi connectivity index (χ0n) is 9.63. The first-order chi connectivity index (χ1) is 8.84. The molecule has 0 atom stereocenters. The van der Waals surface area contributed by atoms with E-state index in [4.69, 9.17) is 5.73 Å². The number of anilines is 2. The van der Waals surface area contributed by atoms with Gasteiger partial charge in [-0.05, 0) is 24.3 Å². The summed E-state index contributed by atoms with van der Waals surface area (Å²) < 4.78 is 0. The average molecular weight is 256 g/mol. The molecule has 0 aliphatic carbocycles. The Bertz CT molecular complexity index is 664. The molecule has 0 radical (unpaired) electrons. The van der Waals surface area contributed by atoms with E-state index >= 15 is 0 Å². The molecule has 4 nitrogen and oxygen atoms in total. The largest absolute Gasteiger partial charge is 0.397 e. The third-order valence-corrected chi connectivity index (χ3v) is 3.38. The van der Waals surface area contributed by atoms with Crippen molar-refractivity contribution in [3.05, 3.63) is 47.0 Å². The quantitative estimate of drug-likeness (QED) is 0.707. The van der Waals surface area contributed by atoms with Crippen molar-refractivity contribution in [3.63, 3.8) is 0 Å². The summed E-state index contributed by atoms with van der Waals surface area (Å²) in [4.78, 5) is 8.55. The minimum atomic E-state index is 0.699. The topological polar surface area (TPSA) is 63.8 Å². The van der Waals surface area contributed by atoms with Crippen molar-refractivity contribution in [2.24, 2.45) is 0 Å². The molecule has 0 amide bonds. The van der Waals surface area contributed by atoms with Crippen LogP contribution in [0, 0.1) is 0 Å². The van der Waals surface area contributed by atoms with Gasteiger partial charge in [-0.15, -0.1) is 11.3 Å². The molecule has 0 aliphatic heterocycles. The maximum Gasteiger partial charge on any atom is 0.0951 e. The fraction of sp³-hybridized carbons (Fsp3) is 0.0769. The van der Waals surface area contributed by atoms with E-state index < -0.39 is 0 Å². The summed E-state index contributed by atoms with van der Waals surface area (Å²) in [6, 6.07) is 7.78. The second-order valence-electron chi connectivity index (χ2n) is 3.94. The lowest BCUT2D eigenvalue weighted by molar-refractivity contribution is 1.08. The van der Waals surface area contributed by atoms with Gasteiger partial charge in [-0.25, -0.2) is 4.98 Å². The molecule has 0 aliphatic rings. The van der Waals surface area contributed by atoms with Crippen LogP contribution in [0.3, 0.4) is 0 Å². The standard InChI is InChI=1S/C13H12N4S/c14-11-3-4-12(10-2-1-5-15-13(10)11)16-6-9-7-18-8-17-9/h1-5,7-8,16H,6,14H2. The van der Waals surface area contributed by atoms with Crippen molar-refractivity contribution >= 4 is 33.6 Å². The number of rotatable bonds is 3. The van der Waals surface area contributed by atoms with Crippen LogP contribution >= 0.6 is 11.3 Å². The predicted octanol–water partition coefficient (Wildman–Crippen LogP) is 2.89. The van der Waals surface area contributed by atoms with Gasteiger partial charge in [0, 0.05) is 22.7 Å². The van der Waals surface area contributed by atoms with Crippen LogP contribution in [0.25, 0.3) is 10.9 Å². The summed E-state index contributed by atoms with van der Waals surface area (Å²) in [7, 11) is 0. The monoisotopic (exact) mass is 256 g/mol. The van der Waals surface area contributed by atoms with Crippen LogP contribution in [0.4, 0.5) is 11.4 Å². The van der Waals surface area contributed by atoms with Crippen LogP contribution in [0.1, 0.15) is 5.69 Å². The molecule has 90 valence electrons. The molecule has 5 heteroatoms. The Kier molecular flexibility index (Phi) is 2.82. The van der Waals surface area contributed by atoms with Crippen LogP contribution in [-0.2, 0) is 6.54 Å². The van der Waals surface area contributed by atoms with Crippen LogP contribution in [0.15, 0.2) is 41.4 Å². The second-order valence-corrected chi connectivity index (χ2v) is 4.65. The third kappa shape index (κ3) is 2.00. The molecule has 3 aromatic rings. The van der Waals surface area contributed by atoms with Gasteiger partial charge in [-0.2, -0.15) is 0 Å². The summed E-state index contributed by atoms with van der Waals surface area (Å²) in [6.45, 7) is 0.706. The number of nitrogens with two attached hydrogens (primary N) is 1. The van der Waals surface area contributed by atoms with Crippen LogP contribution in [0.5, 0.6) is 0 Å². The normalized spacial score (nSPS) is 10.7. The minimum absolute atomic E-state index is 0.699. The number of nitrogens with one attached hydrogen (secondary N) is 1. The Balaban J connectivity index is 1.94. The average Bonchev–Trinajstić information content (AvgIpc) is 2.92. The van der Waals surface area contributed by atoms with Gasteiger partial charge in [-0.1, -0.05) is 0 Å². The summed E-state index contributed by atoms with van der Waals surface area (Å²) in [5.41, 5.74) is 11.3. The molecule has 3 N–H and O–H groups in total. The molecule has 18 heavy (non-hydrogen) atoms. The molecular weight excluding hydrogens is 244 g/mol. The van der Waals surface area contributed by atoms with E-state index in [1.165, 1.54) is 0 Å². The minimum Gasteiger partial charge on any atom is -0.397 e. The number of thiazole rings is 1. The fourth-order valence-corrected chi connectivity index (χ4v) is 2.42. The van der Waals surface area contributed by atoms with Crippen molar-refractivity contribution in [3.8, 4) is 0 Å². The number of nitrogens with zero attached hydrogens (tertiary/aromatic N) is 2. The highest BCUT2D eigenvalue weighted by Gasteiger charge is 2.04. The number of hydrogen-bond acceptors (Lipinski definition) is 5. The summed E-state index contributed by atoms with van der Waals surface area (Å²) in [6.07, 6.45) is 1.75. The highest BCUT2D eigenvalue weighted by molar-refractivity contribution is 7.07. The van der Waals surface area contributed by atoms with Gasteiger partial charge in [0.05, 0.1) is 29.0 Å². The molecule has 2 heterocycles. The molecule has 0 unspecified atom stereocenters. The molecule has 0 bridgehead atoms. The van der Waals surface area contributed by atoms with Gasteiger partial charge in [0.25, 0.3) is 0 Å². The molecule has 0 spiro atoms. The Labute approximate surface area is 109 Å². The summed E-state index contributed by atoms with van der Waals surface area (Å²) in [5, 5.41) is 6.43. The molecular formula is C13H12N4S. The van der Waals surface area contributed by atoms with Gasteiger partial charge in [0.2, 0.25) is 0 Å². The second kappa shape index (κ2) is 4.62. The van der Waals surface area contributed by atoms with Crippen molar-refractivity contribution in [1.29, 1.82) is 0 Å². The first-order valence-corrected chi connectivity index (χ1v) is 6.53. The Morgan fingerprint density at radius 2 is 2.17 bits per heavy atom. The molecule has 3 rings (SSSR count). The van der Waals surface area contributed by atoms with Crippen molar-refractivity contribution in [2.45, 2.75) is 6.54 Å². The van der Waals surface area contributed by atoms with E-state index in [1.54, 1.807) is 17.5 Å². The lowest BCUT2D eigenvalue weighted by Gasteiger charge is -2.09. The maximum absolute atomic E-state index is 5.91. The smallest absolute Gasteiger partial charge is 0.0951 e. The molecule has 0 saturated carbocycles. The SMILES string of the molecule is Nc1ccc(NCc2cscn2)c2cccnc12. The van der Waals surface area contributed by atoms with Crippen LogP contribution in [0.2, 0.25) is 0 Å². The zero-order valence-corrected chi connectivity index (χ0v) is 10.4. The fourth-order valence-electron chi connectivity index (χ4n) is 1.86. The van der Waals surface area contributed by atoms with E-state index in [0.29, 0.717) is 12.2 Å². The summed E-state index contributed by atoms with van der Waals surface area (Å²) in [5.74, 6) is 0. The Morgan fingerprint density at radius 1 is 1.22 bits per heavy atom. The molecule has 2 aromatic heterocycles. The lowest BCUT2D eigenvalue weighted by atomic mass is 10.1. The van der Waals surface area contributed by atoms with Crippen molar-refractivity contribution in [1.82, 2.24) is 9.97 Å². The van der Waals surface area contributed by atoms with Gasteiger partial charge in [0.1, 0.15) is 0 Å². The van der Waals surface area contributed by atoms with Gasteiger partial charge >= 0.3 is 0 Å². The Hall–Kier alpha value is -2.14. The number of hydrogen-bond donors (Lipinski definition) is 2. The first kappa shape index (κ1) is 11.0. The number of fused-ring (bicyclic) bond motifs is 1. The molecule has 0 fully saturated rings. The number of nitrogen functional groups attached to an aromatic ring is 1. The van der Waals surface area contributed by atoms with E-state index in [9.17, 15) is 0 Å². The highest BCUT2D eigenvalue weighted by Crippen LogP contribution is 2.26. The number of aromatic nitrogens is 2. The van der Waals surface area contributed by atoms with E-state index in [-0.39, 0.29) is 0 Å². The Morgan fingerprint density at radius 3 is 3.00 bits per heavy atom. The van der Waals surface area contributed by atoms with E-state index in [0.717, 1.165) is 22.3 Å². The number of benzene rings is 1. The predicted molar refractivity (Wildman–Crippen MR) is 75.6 cm³/mol. The highest BCUT2D eigenvalue weighted by atomic mass is 32.1. The summed E-state index contributed by atoms with van der Waals surface area (Å²) >= 11 is 1.60. The number of pyridine rings is 1.